The van der Waals surface area contributed by atoms with Crippen LogP contribution in [-0.2, 0) is 11.3 Å². The molecule has 30 heavy (non-hydrogen) atoms. The Morgan fingerprint density at radius 1 is 1.23 bits per heavy atom. The number of oxazole rings is 1. The van der Waals surface area contributed by atoms with Gasteiger partial charge in [0.25, 0.3) is 5.91 Å². The fourth-order valence-corrected chi connectivity index (χ4v) is 3.62. The van der Waals surface area contributed by atoms with Gasteiger partial charge in [-0.05, 0) is 36.6 Å². The summed E-state index contributed by atoms with van der Waals surface area (Å²) in [6.07, 6.45) is 4.43. The first-order valence-electron chi connectivity index (χ1n) is 9.72. The van der Waals surface area contributed by atoms with Gasteiger partial charge in [-0.1, -0.05) is 30.3 Å². The summed E-state index contributed by atoms with van der Waals surface area (Å²) in [7, 11) is 0. The molecular formula is C23H20N4O3. The summed E-state index contributed by atoms with van der Waals surface area (Å²) in [6, 6.07) is 15.8. The van der Waals surface area contributed by atoms with E-state index >= 15 is 0 Å². The first-order valence-corrected chi connectivity index (χ1v) is 9.72. The van der Waals surface area contributed by atoms with Crippen molar-refractivity contribution in [1.29, 1.82) is 5.26 Å². The van der Waals surface area contributed by atoms with Crippen LogP contribution in [0.2, 0.25) is 0 Å². The van der Waals surface area contributed by atoms with Gasteiger partial charge in [0.2, 0.25) is 5.91 Å². The average molecular weight is 400 g/mol. The zero-order valence-corrected chi connectivity index (χ0v) is 16.2. The Kier molecular flexibility index (Phi) is 5.57. The lowest BCUT2D eigenvalue weighted by molar-refractivity contribution is -0.125. The van der Waals surface area contributed by atoms with Crippen molar-refractivity contribution in [2.24, 2.45) is 0 Å². The molecule has 1 fully saturated rings. The average Bonchev–Trinajstić information content (AvgIpc) is 3.50. The van der Waals surface area contributed by atoms with Crippen molar-refractivity contribution in [1.82, 2.24) is 15.2 Å². The number of rotatable bonds is 5. The number of aromatic nitrogens is 1. The molecule has 1 atom stereocenters. The summed E-state index contributed by atoms with van der Waals surface area (Å²) in [5, 5.41) is 12.0. The molecule has 0 saturated carbocycles. The lowest BCUT2D eigenvalue weighted by Gasteiger charge is -2.24. The molecule has 7 nitrogen and oxygen atoms in total. The van der Waals surface area contributed by atoms with E-state index in [1.54, 1.807) is 35.4 Å². The second-order valence-electron chi connectivity index (χ2n) is 7.13. The highest BCUT2D eigenvalue weighted by molar-refractivity contribution is 5.98. The molecule has 0 aliphatic carbocycles. The lowest BCUT2D eigenvalue weighted by atomic mass is 10.1. The molecule has 1 unspecified atom stereocenters. The highest BCUT2D eigenvalue weighted by Gasteiger charge is 2.34. The SMILES string of the molecule is N#Cc1cccc(C(=O)N2CCCC2C(=O)NCc2ccc(-c3cnco3)cc2)c1. The number of nitriles is 1. The monoisotopic (exact) mass is 400 g/mol. The zero-order chi connectivity index (χ0) is 20.9. The molecule has 1 N–H and O–H groups in total. The summed E-state index contributed by atoms with van der Waals surface area (Å²) in [5.74, 6) is 0.295. The number of likely N-dealkylation sites (tertiary alicyclic amines) is 1. The van der Waals surface area contributed by atoms with Gasteiger partial charge in [-0.2, -0.15) is 5.26 Å². The van der Waals surface area contributed by atoms with Crippen LogP contribution in [0.3, 0.4) is 0 Å². The van der Waals surface area contributed by atoms with Gasteiger partial charge in [0.1, 0.15) is 6.04 Å². The second kappa shape index (κ2) is 8.62. The van der Waals surface area contributed by atoms with Crippen LogP contribution in [0.15, 0.2) is 65.5 Å². The third kappa shape index (κ3) is 4.08. The molecule has 0 bridgehead atoms. The molecule has 4 rings (SSSR count). The number of hydrogen-bond acceptors (Lipinski definition) is 5. The van der Waals surface area contributed by atoms with Gasteiger partial charge in [0.05, 0.1) is 17.8 Å². The number of hydrogen-bond donors (Lipinski definition) is 1. The largest absolute Gasteiger partial charge is 0.444 e. The molecule has 150 valence electrons. The predicted molar refractivity (Wildman–Crippen MR) is 109 cm³/mol. The van der Waals surface area contributed by atoms with E-state index in [1.807, 2.05) is 30.3 Å². The topological polar surface area (TPSA) is 99.2 Å². The van der Waals surface area contributed by atoms with Crippen molar-refractivity contribution in [3.05, 3.63) is 77.8 Å². The van der Waals surface area contributed by atoms with Gasteiger partial charge in [-0.25, -0.2) is 4.98 Å². The number of nitrogens with zero attached hydrogens (tertiary/aromatic N) is 3. The van der Waals surface area contributed by atoms with Crippen LogP contribution in [0.1, 0.15) is 34.3 Å². The maximum Gasteiger partial charge on any atom is 0.254 e. The molecule has 0 radical (unpaired) electrons. The third-order valence-corrected chi connectivity index (χ3v) is 5.19. The molecule has 1 saturated heterocycles. The molecule has 3 aromatic rings. The lowest BCUT2D eigenvalue weighted by Crippen LogP contribution is -2.45. The maximum atomic E-state index is 12.9. The number of nitrogens with one attached hydrogen (secondary N) is 1. The van der Waals surface area contributed by atoms with Crippen LogP contribution in [0.4, 0.5) is 0 Å². The van der Waals surface area contributed by atoms with E-state index in [1.165, 1.54) is 6.39 Å². The van der Waals surface area contributed by atoms with Gasteiger partial charge in [-0.15, -0.1) is 0 Å². The Morgan fingerprint density at radius 2 is 2.07 bits per heavy atom. The molecule has 2 amide bonds. The first-order chi connectivity index (χ1) is 14.7. The van der Waals surface area contributed by atoms with Crippen molar-refractivity contribution in [3.63, 3.8) is 0 Å². The maximum absolute atomic E-state index is 12.9. The minimum absolute atomic E-state index is 0.170. The minimum atomic E-state index is -0.503. The number of carbonyl (C=O) groups is 2. The quantitative estimate of drug-likeness (QED) is 0.709. The first kappa shape index (κ1) is 19.4. The van der Waals surface area contributed by atoms with E-state index in [0.717, 1.165) is 17.5 Å². The normalized spacial score (nSPS) is 15.6. The molecule has 1 aliphatic heterocycles. The summed E-state index contributed by atoms with van der Waals surface area (Å²) >= 11 is 0. The Labute approximate surface area is 173 Å². The Bertz CT molecular complexity index is 1080. The van der Waals surface area contributed by atoms with Gasteiger partial charge in [0, 0.05) is 24.2 Å². The Balaban J connectivity index is 1.39. The Morgan fingerprint density at radius 3 is 2.80 bits per heavy atom. The second-order valence-corrected chi connectivity index (χ2v) is 7.13. The van der Waals surface area contributed by atoms with Crippen molar-refractivity contribution < 1.29 is 14.0 Å². The number of carbonyl (C=O) groups excluding carboxylic acids is 2. The van der Waals surface area contributed by atoms with E-state index in [4.69, 9.17) is 9.68 Å². The molecule has 1 aromatic heterocycles. The van der Waals surface area contributed by atoms with Gasteiger partial charge in [0.15, 0.2) is 12.2 Å². The van der Waals surface area contributed by atoms with Crippen molar-refractivity contribution in [2.45, 2.75) is 25.4 Å². The van der Waals surface area contributed by atoms with Crippen molar-refractivity contribution in [3.8, 4) is 17.4 Å². The van der Waals surface area contributed by atoms with Crippen LogP contribution >= 0.6 is 0 Å². The van der Waals surface area contributed by atoms with E-state index in [2.05, 4.69) is 10.3 Å². The molecule has 2 aromatic carbocycles. The fourth-order valence-electron chi connectivity index (χ4n) is 3.62. The van der Waals surface area contributed by atoms with E-state index in [9.17, 15) is 9.59 Å². The summed E-state index contributed by atoms with van der Waals surface area (Å²) in [6.45, 7) is 0.900. The molecule has 7 heteroatoms. The zero-order valence-electron chi connectivity index (χ0n) is 16.2. The summed E-state index contributed by atoms with van der Waals surface area (Å²) in [4.78, 5) is 31.1. The highest BCUT2D eigenvalue weighted by Crippen LogP contribution is 2.22. The van der Waals surface area contributed by atoms with Crippen LogP contribution < -0.4 is 5.32 Å². The van der Waals surface area contributed by atoms with Crippen LogP contribution in [0.25, 0.3) is 11.3 Å². The van der Waals surface area contributed by atoms with Gasteiger partial charge >= 0.3 is 0 Å². The van der Waals surface area contributed by atoms with Crippen molar-refractivity contribution >= 4 is 11.8 Å². The summed E-state index contributed by atoms with van der Waals surface area (Å²) in [5.41, 5.74) is 2.71. The smallest absolute Gasteiger partial charge is 0.254 e. The molecule has 0 spiro atoms. The van der Waals surface area contributed by atoms with Gasteiger partial charge in [-0.3, -0.25) is 9.59 Å². The standard InChI is InChI=1S/C23H20N4O3/c24-12-17-3-1-4-19(11-17)23(29)27-10-2-5-20(27)22(28)26-13-16-6-8-18(9-7-16)21-14-25-15-30-21/h1,3-4,6-9,11,14-15,20H,2,5,10,13H2,(H,26,28). The number of benzene rings is 2. The predicted octanol–water partition coefficient (Wildman–Crippen LogP) is 3.13. The van der Waals surface area contributed by atoms with E-state index < -0.39 is 6.04 Å². The van der Waals surface area contributed by atoms with Gasteiger partial charge < -0.3 is 14.6 Å². The third-order valence-electron chi connectivity index (χ3n) is 5.19. The number of amides is 2. The van der Waals surface area contributed by atoms with Crippen LogP contribution in [-0.4, -0.2) is 34.3 Å². The highest BCUT2D eigenvalue weighted by atomic mass is 16.3. The summed E-state index contributed by atoms with van der Waals surface area (Å²) < 4.78 is 5.27. The fraction of sp³-hybridized carbons (Fsp3) is 0.217. The van der Waals surface area contributed by atoms with E-state index in [-0.39, 0.29) is 11.8 Å². The Hall–Kier alpha value is -3.92. The minimum Gasteiger partial charge on any atom is -0.444 e. The molecule has 2 heterocycles. The van der Waals surface area contributed by atoms with Crippen molar-refractivity contribution in [2.75, 3.05) is 6.54 Å². The van der Waals surface area contributed by atoms with E-state index in [0.29, 0.717) is 36.4 Å². The van der Waals surface area contributed by atoms with Crippen LogP contribution in [0, 0.1) is 11.3 Å². The molecule has 1 aliphatic rings. The molecular weight excluding hydrogens is 380 g/mol. The van der Waals surface area contributed by atoms with Crippen LogP contribution in [0.5, 0.6) is 0 Å².